The van der Waals surface area contributed by atoms with Crippen LogP contribution in [0.4, 0.5) is 5.82 Å². The summed E-state index contributed by atoms with van der Waals surface area (Å²) in [4.78, 5) is 0.202. The zero-order valence-electron chi connectivity index (χ0n) is 9.46. The lowest BCUT2D eigenvalue weighted by molar-refractivity contribution is 0.588. The first kappa shape index (κ1) is 13.1. The molecule has 18 heavy (non-hydrogen) atoms. The average Bonchev–Trinajstić information content (AvgIpc) is 2.70. The number of hydrogen-bond acceptors (Lipinski definition) is 4. The third kappa shape index (κ3) is 2.40. The molecule has 1 heterocycles. The number of aromatic nitrogens is 2. The summed E-state index contributed by atoms with van der Waals surface area (Å²) in [6.07, 6.45) is 1.71. The minimum absolute atomic E-state index is 0.202. The molecule has 2 rings (SSSR count). The highest BCUT2D eigenvalue weighted by atomic mass is 79.9. The number of nitrogens with two attached hydrogens (primary N) is 1. The van der Waals surface area contributed by atoms with E-state index >= 15 is 0 Å². The van der Waals surface area contributed by atoms with Crippen molar-refractivity contribution < 1.29 is 8.42 Å². The van der Waals surface area contributed by atoms with Crippen LogP contribution in [0.5, 0.6) is 0 Å². The number of halogens is 1. The maximum absolute atomic E-state index is 11.5. The van der Waals surface area contributed by atoms with Gasteiger partial charge in [-0.2, -0.15) is 0 Å². The zero-order valence-corrected chi connectivity index (χ0v) is 11.9. The van der Waals surface area contributed by atoms with Crippen LogP contribution in [0.15, 0.2) is 39.8 Å². The molecule has 0 saturated carbocycles. The minimum Gasteiger partial charge on any atom is -0.381 e. The van der Waals surface area contributed by atoms with E-state index in [0.29, 0.717) is 10.3 Å². The van der Waals surface area contributed by atoms with Crippen LogP contribution in [0, 0.1) is 0 Å². The predicted octanol–water partition coefficient (Wildman–Crippen LogP) is 1.13. The maximum Gasteiger partial charge on any atom is 0.240 e. The third-order valence-corrected chi connectivity index (χ3v) is 4.42. The summed E-state index contributed by atoms with van der Waals surface area (Å²) in [7, 11) is -2.04. The zero-order chi connectivity index (χ0) is 13.3. The topological polar surface area (TPSA) is 90.0 Å². The number of sulfonamides is 1. The molecule has 8 heteroatoms. The van der Waals surface area contributed by atoms with Gasteiger partial charge in [-0.15, -0.1) is 5.10 Å². The van der Waals surface area contributed by atoms with E-state index in [4.69, 9.17) is 5.73 Å². The van der Waals surface area contributed by atoms with E-state index in [-0.39, 0.29) is 4.90 Å². The SMILES string of the molecule is CNS(=O)(=O)c1ccc(-n2cc(Br)c(N)n2)cc1. The van der Waals surface area contributed by atoms with Gasteiger partial charge in [0.1, 0.15) is 0 Å². The molecular weight excluding hydrogens is 320 g/mol. The number of nitrogens with one attached hydrogen (secondary N) is 1. The smallest absolute Gasteiger partial charge is 0.240 e. The Morgan fingerprint density at radius 3 is 2.39 bits per heavy atom. The molecule has 6 nitrogen and oxygen atoms in total. The Morgan fingerprint density at radius 2 is 1.94 bits per heavy atom. The molecule has 2 aromatic rings. The molecular formula is C10H11BrN4O2S. The van der Waals surface area contributed by atoms with Gasteiger partial charge in [0.2, 0.25) is 10.0 Å². The van der Waals surface area contributed by atoms with E-state index in [9.17, 15) is 8.42 Å². The standard InChI is InChI=1S/C10H11BrN4O2S/c1-13-18(16,17)8-4-2-7(3-5-8)15-6-9(11)10(12)14-15/h2-6,13H,1H3,(H2,12,14). The summed E-state index contributed by atoms with van der Waals surface area (Å²) in [5.41, 5.74) is 6.34. The minimum atomic E-state index is -3.41. The van der Waals surface area contributed by atoms with Crippen molar-refractivity contribution in [3.05, 3.63) is 34.9 Å². The maximum atomic E-state index is 11.5. The highest BCUT2D eigenvalue weighted by molar-refractivity contribution is 9.10. The number of hydrogen-bond donors (Lipinski definition) is 2. The van der Waals surface area contributed by atoms with Crippen molar-refractivity contribution in [2.24, 2.45) is 0 Å². The van der Waals surface area contributed by atoms with Gasteiger partial charge in [-0.1, -0.05) is 0 Å². The van der Waals surface area contributed by atoms with Crippen LogP contribution in [0.3, 0.4) is 0 Å². The van der Waals surface area contributed by atoms with E-state index in [0.717, 1.165) is 5.69 Å². The number of nitrogens with zero attached hydrogens (tertiary/aromatic N) is 2. The summed E-state index contributed by atoms with van der Waals surface area (Å²) >= 11 is 3.26. The molecule has 0 amide bonds. The van der Waals surface area contributed by atoms with Crippen molar-refractivity contribution in [3.63, 3.8) is 0 Å². The van der Waals surface area contributed by atoms with Crippen molar-refractivity contribution in [1.82, 2.24) is 14.5 Å². The average molecular weight is 331 g/mol. The number of anilines is 1. The Kier molecular flexibility index (Phi) is 3.42. The molecule has 0 atom stereocenters. The Balaban J connectivity index is 2.39. The third-order valence-electron chi connectivity index (χ3n) is 2.38. The van der Waals surface area contributed by atoms with Crippen molar-refractivity contribution >= 4 is 31.8 Å². The van der Waals surface area contributed by atoms with Crippen molar-refractivity contribution in [2.45, 2.75) is 4.90 Å². The molecule has 1 aromatic heterocycles. The normalized spacial score (nSPS) is 11.7. The van der Waals surface area contributed by atoms with Crippen LogP contribution in [-0.4, -0.2) is 25.2 Å². The molecule has 1 aromatic carbocycles. The molecule has 0 aliphatic heterocycles. The second-order valence-electron chi connectivity index (χ2n) is 3.51. The van der Waals surface area contributed by atoms with Crippen molar-refractivity contribution in [3.8, 4) is 5.69 Å². The molecule has 0 fully saturated rings. The van der Waals surface area contributed by atoms with E-state index in [1.807, 2.05) is 0 Å². The van der Waals surface area contributed by atoms with Gasteiger partial charge in [-0.05, 0) is 47.2 Å². The van der Waals surface area contributed by atoms with Gasteiger partial charge >= 0.3 is 0 Å². The summed E-state index contributed by atoms with van der Waals surface area (Å²) in [6, 6.07) is 6.33. The van der Waals surface area contributed by atoms with Gasteiger partial charge in [0.25, 0.3) is 0 Å². The summed E-state index contributed by atoms with van der Waals surface area (Å²) in [5.74, 6) is 0.377. The number of nitrogen functional groups attached to an aromatic ring is 1. The largest absolute Gasteiger partial charge is 0.381 e. The molecule has 0 spiro atoms. The Hall–Kier alpha value is -1.38. The lowest BCUT2D eigenvalue weighted by atomic mass is 10.3. The quantitative estimate of drug-likeness (QED) is 0.882. The fourth-order valence-electron chi connectivity index (χ4n) is 1.39. The summed E-state index contributed by atoms with van der Waals surface area (Å²) in [5, 5.41) is 4.07. The van der Waals surface area contributed by atoms with Crippen LogP contribution >= 0.6 is 15.9 Å². The Bertz CT molecular complexity index is 644. The lowest BCUT2D eigenvalue weighted by Crippen LogP contribution is -2.18. The van der Waals surface area contributed by atoms with Crippen LogP contribution in [0.25, 0.3) is 5.69 Å². The van der Waals surface area contributed by atoms with E-state index in [1.165, 1.54) is 19.2 Å². The van der Waals surface area contributed by atoms with Gasteiger partial charge in [-0.3, -0.25) is 0 Å². The molecule has 0 aliphatic rings. The molecule has 0 bridgehead atoms. The van der Waals surface area contributed by atoms with Crippen LogP contribution in [0.1, 0.15) is 0 Å². The van der Waals surface area contributed by atoms with Crippen molar-refractivity contribution in [2.75, 3.05) is 12.8 Å². The molecule has 3 N–H and O–H groups in total. The van der Waals surface area contributed by atoms with Gasteiger partial charge in [-0.25, -0.2) is 17.8 Å². The molecule has 0 radical (unpaired) electrons. The molecule has 0 unspecified atom stereocenters. The van der Waals surface area contributed by atoms with Crippen LogP contribution < -0.4 is 10.5 Å². The summed E-state index contributed by atoms with van der Waals surface area (Å²) < 4.78 is 27.6. The van der Waals surface area contributed by atoms with Gasteiger partial charge in [0, 0.05) is 6.20 Å². The number of rotatable bonds is 3. The second kappa shape index (κ2) is 4.71. The first-order valence-corrected chi connectivity index (χ1v) is 7.26. The van der Waals surface area contributed by atoms with Crippen LogP contribution in [0.2, 0.25) is 0 Å². The van der Waals surface area contributed by atoms with Gasteiger partial charge in [0.15, 0.2) is 5.82 Å². The van der Waals surface area contributed by atoms with Gasteiger partial charge in [0.05, 0.1) is 15.1 Å². The molecule has 96 valence electrons. The molecule has 0 saturated heterocycles. The van der Waals surface area contributed by atoms with E-state index < -0.39 is 10.0 Å². The fourth-order valence-corrected chi connectivity index (χ4v) is 2.40. The lowest BCUT2D eigenvalue weighted by Gasteiger charge is -2.04. The van der Waals surface area contributed by atoms with Crippen LogP contribution in [-0.2, 0) is 10.0 Å². The van der Waals surface area contributed by atoms with E-state index in [2.05, 4.69) is 25.8 Å². The summed E-state index contributed by atoms with van der Waals surface area (Å²) in [6.45, 7) is 0. The van der Waals surface area contributed by atoms with E-state index in [1.54, 1.807) is 23.0 Å². The first-order valence-electron chi connectivity index (χ1n) is 4.98. The highest BCUT2D eigenvalue weighted by Gasteiger charge is 2.11. The monoisotopic (exact) mass is 330 g/mol. The number of benzene rings is 1. The highest BCUT2D eigenvalue weighted by Crippen LogP contribution is 2.20. The predicted molar refractivity (Wildman–Crippen MR) is 71.9 cm³/mol. The Labute approximate surface area is 113 Å². The second-order valence-corrected chi connectivity index (χ2v) is 6.25. The van der Waals surface area contributed by atoms with Crippen molar-refractivity contribution in [1.29, 1.82) is 0 Å². The van der Waals surface area contributed by atoms with Gasteiger partial charge < -0.3 is 5.73 Å². The Morgan fingerprint density at radius 1 is 1.33 bits per heavy atom. The fraction of sp³-hybridized carbons (Fsp3) is 0.100. The molecule has 0 aliphatic carbocycles. The first-order chi connectivity index (χ1) is 8.44.